The van der Waals surface area contributed by atoms with E-state index in [1.54, 1.807) is 12.1 Å². The molecule has 150 valence electrons. The molecule has 1 aromatic rings. The number of ether oxygens (including phenoxy) is 1. The maximum atomic E-state index is 14.8. The van der Waals surface area contributed by atoms with Crippen molar-refractivity contribution < 1.29 is 18.7 Å². The van der Waals surface area contributed by atoms with Crippen LogP contribution >= 0.6 is 0 Å². The average Bonchev–Trinajstić information content (AvgIpc) is 3.06. The second kappa shape index (κ2) is 9.02. The van der Waals surface area contributed by atoms with Gasteiger partial charge in [0, 0.05) is 52.5 Å². The Balaban J connectivity index is 1.61. The molecule has 28 heavy (non-hydrogen) atoms. The Morgan fingerprint density at radius 3 is 2.75 bits per heavy atom. The molecule has 0 spiro atoms. The summed E-state index contributed by atoms with van der Waals surface area (Å²) in [7, 11) is 0. The number of cyclic esters (lactones) is 1. The number of anilines is 1. The van der Waals surface area contributed by atoms with E-state index in [9.17, 15) is 14.0 Å². The molecule has 2 heterocycles. The van der Waals surface area contributed by atoms with E-state index in [4.69, 9.17) is 10.00 Å². The summed E-state index contributed by atoms with van der Waals surface area (Å²) in [6.07, 6.45) is 0.546. The Bertz CT molecular complexity index is 771. The minimum absolute atomic E-state index is 0.178. The van der Waals surface area contributed by atoms with Crippen LogP contribution in [-0.2, 0) is 14.3 Å². The highest BCUT2D eigenvalue weighted by Crippen LogP contribution is 2.33. The summed E-state index contributed by atoms with van der Waals surface area (Å²) >= 11 is 0. The molecule has 1 aromatic carbocycles. The van der Waals surface area contributed by atoms with Gasteiger partial charge in [-0.05, 0) is 17.7 Å². The minimum Gasteiger partial charge on any atom is -0.460 e. The number of piperazine rings is 1. The fraction of sp³-hybridized carbons (Fsp3) is 0.550. The lowest BCUT2D eigenvalue weighted by Gasteiger charge is -2.36. The van der Waals surface area contributed by atoms with Gasteiger partial charge in [0.05, 0.1) is 24.2 Å². The molecule has 0 aromatic heterocycles. The van der Waals surface area contributed by atoms with Gasteiger partial charge in [-0.15, -0.1) is 0 Å². The molecule has 0 radical (unpaired) electrons. The van der Waals surface area contributed by atoms with Crippen LogP contribution in [0.4, 0.5) is 10.1 Å². The Morgan fingerprint density at radius 2 is 2.11 bits per heavy atom. The fourth-order valence-corrected chi connectivity index (χ4v) is 3.73. The van der Waals surface area contributed by atoms with Crippen molar-refractivity contribution in [2.24, 2.45) is 0 Å². The van der Waals surface area contributed by atoms with E-state index in [1.807, 2.05) is 4.90 Å². The van der Waals surface area contributed by atoms with Crippen molar-refractivity contribution in [2.45, 2.75) is 31.8 Å². The summed E-state index contributed by atoms with van der Waals surface area (Å²) in [5.74, 6) is -1.41. The van der Waals surface area contributed by atoms with Gasteiger partial charge in [-0.1, -0.05) is 6.07 Å². The fourth-order valence-electron chi connectivity index (χ4n) is 3.73. The van der Waals surface area contributed by atoms with Crippen molar-refractivity contribution >= 4 is 17.6 Å². The maximum absolute atomic E-state index is 14.8. The highest BCUT2D eigenvalue weighted by molar-refractivity contribution is 5.80. The van der Waals surface area contributed by atoms with E-state index in [2.05, 4.69) is 16.3 Å². The van der Waals surface area contributed by atoms with Crippen LogP contribution in [0.5, 0.6) is 0 Å². The van der Waals surface area contributed by atoms with E-state index in [0.717, 1.165) is 19.6 Å². The van der Waals surface area contributed by atoms with Gasteiger partial charge in [0.1, 0.15) is 11.9 Å². The first-order valence-electron chi connectivity index (χ1n) is 9.56. The van der Waals surface area contributed by atoms with Crippen LogP contribution in [0.15, 0.2) is 18.2 Å². The van der Waals surface area contributed by atoms with Crippen molar-refractivity contribution in [2.75, 3.05) is 44.2 Å². The summed E-state index contributed by atoms with van der Waals surface area (Å²) in [6, 6.07) is 7.08. The number of esters is 1. The summed E-state index contributed by atoms with van der Waals surface area (Å²) < 4.78 is 20.1. The normalized spacial score (nSPS) is 22.6. The number of carbonyl (C=O) groups excluding carboxylic acids is 2. The van der Waals surface area contributed by atoms with Crippen molar-refractivity contribution in [3.05, 3.63) is 29.6 Å². The summed E-state index contributed by atoms with van der Waals surface area (Å²) in [5.41, 5.74) is 1.13. The van der Waals surface area contributed by atoms with Gasteiger partial charge in [-0.3, -0.25) is 14.5 Å². The Hall–Kier alpha value is -2.66. The number of benzene rings is 1. The zero-order valence-corrected chi connectivity index (χ0v) is 16.0. The molecule has 3 rings (SSSR count). The van der Waals surface area contributed by atoms with Crippen LogP contribution in [0.3, 0.4) is 0 Å². The smallest absolute Gasteiger partial charge is 0.313 e. The Kier molecular flexibility index (Phi) is 6.47. The predicted octanol–water partition coefficient (Wildman–Crippen LogP) is 1.40. The van der Waals surface area contributed by atoms with Crippen molar-refractivity contribution in [1.29, 1.82) is 5.26 Å². The number of carbonyl (C=O) groups is 2. The number of hydrogen-bond donors (Lipinski definition) is 1. The largest absolute Gasteiger partial charge is 0.460 e. The third-order valence-corrected chi connectivity index (χ3v) is 5.27. The van der Waals surface area contributed by atoms with E-state index in [1.165, 1.54) is 13.0 Å². The molecule has 0 saturated carbocycles. The third kappa shape index (κ3) is 4.78. The van der Waals surface area contributed by atoms with Gasteiger partial charge in [0.2, 0.25) is 5.91 Å². The van der Waals surface area contributed by atoms with Crippen LogP contribution in [0.1, 0.15) is 31.2 Å². The second-order valence-corrected chi connectivity index (χ2v) is 7.23. The van der Waals surface area contributed by atoms with Crippen LogP contribution in [0, 0.1) is 17.1 Å². The van der Waals surface area contributed by atoms with E-state index < -0.39 is 5.92 Å². The summed E-state index contributed by atoms with van der Waals surface area (Å²) in [6.45, 7) is 5.42. The molecule has 7 nitrogen and oxygen atoms in total. The zero-order valence-electron chi connectivity index (χ0n) is 16.0. The van der Waals surface area contributed by atoms with Crippen molar-refractivity contribution in [3.63, 3.8) is 0 Å². The van der Waals surface area contributed by atoms with Gasteiger partial charge in [0.25, 0.3) is 0 Å². The number of amides is 1. The first kappa shape index (κ1) is 20.1. The molecule has 0 aliphatic carbocycles. The highest BCUT2D eigenvalue weighted by atomic mass is 19.1. The van der Waals surface area contributed by atoms with Crippen LogP contribution in [0.25, 0.3) is 0 Å². The monoisotopic (exact) mass is 388 g/mol. The quantitative estimate of drug-likeness (QED) is 0.742. The maximum Gasteiger partial charge on any atom is 0.313 e. The molecule has 2 fully saturated rings. The van der Waals surface area contributed by atoms with Gasteiger partial charge in [-0.25, -0.2) is 4.39 Å². The molecule has 1 amide bonds. The minimum atomic E-state index is -0.509. The van der Waals surface area contributed by atoms with E-state index >= 15 is 0 Å². The first-order valence-corrected chi connectivity index (χ1v) is 9.56. The van der Waals surface area contributed by atoms with E-state index in [0.29, 0.717) is 37.2 Å². The average molecular weight is 388 g/mol. The number of rotatable bonds is 6. The first-order chi connectivity index (χ1) is 13.5. The van der Waals surface area contributed by atoms with Gasteiger partial charge in [-0.2, -0.15) is 5.26 Å². The molecule has 2 aliphatic heterocycles. The molecular formula is C20H25FN4O3. The number of nitrogens with zero attached hydrogens (tertiary/aromatic N) is 3. The molecule has 2 aliphatic rings. The van der Waals surface area contributed by atoms with Crippen LogP contribution < -0.4 is 10.2 Å². The van der Waals surface area contributed by atoms with Crippen molar-refractivity contribution in [1.82, 2.24) is 10.2 Å². The molecular weight excluding hydrogens is 363 g/mol. The van der Waals surface area contributed by atoms with Gasteiger partial charge < -0.3 is 15.0 Å². The van der Waals surface area contributed by atoms with Crippen molar-refractivity contribution in [3.8, 4) is 6.07 Å². The Morgan fingerprint density at radius 1 is 1.36 bits per heavy atom. The van der Waals surface area contributed by atoms with Crippen LogP contribution in [0.2, 0.25) is 0 Å². The predicted molar refractivity (Wildman–Crippen MR) is 101 cm³/mol. The second-order valence-electron chi connectivity index (χ2n) is 7.23. The molecule has 2 atom stereocenters. The highest BCUT2D eigenvalue weighted by Gasteiger charge is 2.36. The topological polar surface area (TPSA) is 85.7 Å². The standard InChI is InChI=1S/C20H25FN4O3/c1-14(26)23-13-16-12-17(20(27)28-16)15-3-4-19(18(21)11-15)25-9-7-24(8-10-25)6-2-5-22/h3-4,11,16-17H,2,6-10,12-13H2,1H3,(H,23,26)/t16?,17-/m1/s1. The number of halogens is 1. The number of hydrogen-bond acceptors (Lipinski definition) is 6. The summed E-state index contributed by atoms with van der Waals surface area (Å²) in [5, 5.41) is 11.3. The van der Waals surface area contributed by atoms with E-state index in [-0.39, 0.29) is 30.3 Å². The molecule has 2 saturated heterocycles. The Labute approximate surface area is 164 Å². The molecule has 1 unspecified atom stereocenters. The summed E-state index contributed by atoms with van der Waals surface area (Å²) in [4.78, 5) is 27.4. The SMILES string of the molecule is CC(=O)NCC1C[C@H](c2ccc(N3CCN(CCC#N)CC3)c(F)c2)C(=O)O1. The lowest BCUT2D eigenvalue weighted by molar-refractivity contribution is -0.142. The lowest BCUT2D eigenvalue weighted by Crippen LogP contribution is -2.46. The number of nitriles is 1. The lowest BCUT2D eigenvalue weighted by atomic mass is 9.95. The molecule has 1 N–H and O–H groups in total. The number of nitrogens with one attached hydrogen (secondary N) is 1. The molecule has 0 bridgehead atoms. The van der Waals surface area contributed by atoms with Gasteiger partial charge >= 0.3 is 5.97 Å². The third-order valence-electron chi connectivity index (χ3n) is 5.27. The van der Waals surface area contributed by atoms with Gasteiger partial charge in [0.15, 0.2) is 0 Å². The zero-order chi connectivity index (χ0) is 20.1. The van der Waals surface area contributed by atoms with Crippen LogP contribution in [-0.4, -0.2) is 62.1 Å². The molecule has 8 heteroatoms.